The summed E-state index contributed by atoms with van der Waals surface area (Å²) in [6.45, 7) is 0. The molecule has 1 N–H and O–H groups in total. The Morgan fingerprint density at radius 2 is 1.64 bits per heavy atom. The molecule has 0 bridgehead atoms. The average Bonchev–Trinajstić information content (AvgIpc) is 2.47. The molecule has 3 nitrogen and oxygen atoms in total. The predicted molar refractivity (Wildman–Crippen MR) is 74.6 cm³/mol. The van der Waals surface area contributed by atoms with Crippen LogP contribution in [0.3, 0.4) is 0 Å². The number of hydrogen-bond donors (Lipinski definition) is 1. The number of aromatic hydroxyl groups is 1. The van der Waals surface area contributed by atoms with Gasteiger partial charge in [0.25, 0.3) is 0 Å². The van der Waals surface area contributed by atoms with E-state index in [1.807, 2.05) is 0 Å². The van der Waals surface area contributed by atoms with Crippen molar-refractivity contribution in [1.82, 2.24) is 0 Å². The molecule has 112 valence electrons. The molecule has 0 saturated heterocycles. The summed E-state index contributed by atoms with van der Waals surface area (Å²) in [5, 5.41) is 9.57. The molecule has 1 heterocycles. The molecule has 0 fully saturated rings. The van der Waals surface area contributed by atoms with Crippen LogP contribution in [0.5, 0.6) is 5.75 Å². The number of phenols is 1. The van der Waals surface area contributed by atoms with Crippen LogP contribution < -0.4 is 5.43 Å². The van der Waals surface area contributed by atoms with E-state index in [-0.39, 0.29) is 27.9 Å². The molecular formula is C16H9F3O3. The zero-order valence-corrected chi connectivity index (χ0v) is 11.0. The summed E-state index contributed by atoms with van der Waals surface area (Å²) >= 11 is 0. The van der Waals surface area contributed by atoms with Crippen LogP contribution in [0.1, 0.15) is 5.56 Å². The van der Waals surface area contributed by atoms with Gasteiger partial charge in [-0.25, -0.2) is 0 Å². The Morgan fingerprint density at radius 1 is 0.955 bits per heavy atom. The highest BCUT2D eigenvalue weighted by Crippen LogP contribution is 2.31. The molecule has 0 atom stereocenters. The van der Waals surface area contributed by atoms with E-state index in [9.17, 15) is 23.1 Å². The summed E-state index contributed by atoms with van der Waals surface area (Å²) in [6, 6.07) is 9.59. The Bertz CT molecular complexity index is 893. The Hall–Kier alpha value is -2.76. The van der Waals surface area contributed by atoms with Gasteiger partial charge in [-0.1, -0.05) is 12.1 Å². The van der Waals surface area contributed by atoms with Gasteiger partial charge in [-0.3, -0.25) is 4.79 Å². The van der Waals surface area contributed by atoms with E-state index in [1.165, 1.54) is 36.4 Å². The Morgan fingerprint density at radius 3 is 2.27 bits per heavy atom. The molecule has 0 radical (unpaired) electrons. The molecule has 0 aliphatic rings. The third-order valence-electron chi connectivity index (χ3n) is 3.21. The molecule has 0 unspecified atom stereocenters. The Kier molecular flexibility index (Phi) is 3.16. The van der Waals surface area contributed by atoms with Gasteiger partial charge in [-0.15, -0.1) is 0 Å². The summed E-state index contributed by atoms with van der Waals surface area (Å²) in [6.07, 6.45) is -4.42. The van der Waals surface area contributed by atoms with Gasteiger partial charge in [-0.2, -0.15) is 13.2 Å². The van der Waals surface area contributed by atoms with E-state index in [0.717, 1.165) is 12.1 Å². The first-order valence-corrected chi connectivity index (χ1v) is 6.29. The molecule has 1 aromatic heterocycles. The number of halogens is 3. The fraction of sp³-hybridized carbons (Fsp3) is 0.0625. The van der Waals surface area contributed by atoms with E-state index in [4.69, 9.17) is 4.42 Å². The van der Waals surface area contributed by atoms with E-state index < -0.39 is 11.7 Å². The molecule has 3 rings (SSSR count). The fourth-order valence-corrected chi connectivity index (χ4v) is 2.11. The van der Waals surface area contributed by atoms with Crippen LogP contribution in [0.25, 0.3) is 22.3 Å². The smallest absolute Gasteiger partial charge is 0.416 e. The minimum absolute atomic E-state index is 0.0675. The van der Waals surface area contributed by atoms with E-state index >= 15 is 0 Å². The van der Waals surface area contributed by atoms with Crippen molar-refractivity contribution in [3.63, 3.8) is 0 Å². The number of hydrogen-bond acceptors (Lipinski definition) is 3. The van der Waals surface area contributed by atoms with Gasteiger partial charge in [0, 0.05) is 11.6 Å². The van der Waals surface area contributed by atoms with Crippen molar-refractivity contribution in [3.8, 4) is 17.1 Å². The maximum absolute atomic E-state index is 12.5. The van der Waals surface area contributed by atoms with Crippen LogP contribution in [0.2, 0.25) is 0 Å². The molecule has 0 spiro atoms. The lowest BCUT2D eigenvalue weighted by atomic mass is 10.1. The third kappa shape index (κ3) is 2.55. The highest BCUT2D eigenvalue weighted by atomic mass is 19.4. The molecule has 2 aromatic carbocycles. The van der Waals surface area contributed by atoms with Gasteiger partial charge in [0.2, 0.25) is 0 Å². The number of benzene rings is 2. The quantitative estimate of drug-likeness (QED) is 0.733. The molecule has 0 amide bonds. The third-order valence-corrected chi connectivity index (χ3v) is 3.21. The average molecular weight is 306 g/mol. The van der Waals surface area contributed by atoms with E-state index in [1.54, 1.807) is 0 Å². The maximum Gasteiger partial charge on any atom is 0.416 e. The Balaban J connectivity index is 2.11. The molecule has 0 aliphatic carbocycles. The first kappa shape index (κ1) is 14.2. The van der Waals surface area contributed by atoms with Crippen molar-refractivity contribution in [2.24, 2.45) is 0 Å². The monoisotopic (exact) mass is 306 g/mol. The van der Waals surface area contributed by atoms with Crippen molar-refractivity contribution < 1.29 is 22.7 Å². The molecular weight excluding hydrogens is 297 g/mol. The second-order valence-electron chi connectivity index (χ2n) is 4.73. The lowest BCUT2D eigenvalue weighted by Gasteiger charge is -2.08. The lowest BCUT2D eigenvalue weighted by Crippen LogP contribution is -2.04. The number of alkyl halides is 3. The van der Waals surface area contributed by atoms with Crippen LogP contribution in [-0.4, -0.2) is 5.11 Å². The van der Waals surface area contributed by atoms with Gasteiger partial charge in [-0.05, 0) is 30.3 Å². The highest BCUT2D eigenvalue weighted by Gasteiger charge is 2.30. The van der Waals surface area contributed by atoms with Crippen molar-refractivity contribution in [2.45, 2.75) is 6.18 Å². The lowest BCUT2D eigenvalue weighted by molar-refractivity contribution is -0.137. The summed E-state index contributed by atoms with van der Waals surface area (Å²) in [4.78, 5) is 12.0. The number of rotatable bonds is 1. The van der Waals surface area contributed by atoms with Crippen molar-refractivity contribution >= 4 is 11.0 Å². The largest absolute Gasteiger partial charge is 0.508 e. The fourth-order valence-electron chi connectivity index (χ4n) is 2.11. The highest BCUT2D eigenvalue weighted by molar-refractivity contribution is 5.80. The normalized spacial score (nSPS) is 11.8. The van der Waals surface area contributed by atoms with Crippen molar-refractivity contribution in [3.05, 3.63) is 64.3 Å². The van der Waals surface area contributed by atoms with E-state index in [2.05, 4.69) is 0 Å². The molecule has 0 saturated carbocycles. The molecule has 0 aliphatic heterocycles. The first-order valence-electron chi connectivity index (χ1n) is 6.29. The van der Waals surface area contributed by atoms with Crippen LogP contribution >= 0.6 is 0 Å². The standard InChI is InChI=1S/C16H9F3O3/c17-16(18,19)10-3-1-9(2-4-10)15-8-13(21)12-7-11(20)5-6-14(12)22-15/h1-8,20H. The minimum Gasteiger partial charge on any atom is -0.508 e. The van der Waals surface area contributed by atoms with Gasteiger partial charge < -0.3 is 9.52 Å². The second kappa shape index (κ2) is 4.91. The molecule has 22 heavy (non-hydrogen) atoms. The van der Waals surface area contributed by atoms with Crippen molar-refractivity contribution in [1.29, 1.82) is 0 Å². The number of fused-ring (bicyclic) bond motifs is 1. The number of phenolic OH excluding ortho intramolecular Hbond substituents is 1. The molecule has 6 heteroatoms. The van der Waals surface area contributed by atoms with Crippen LogP contribution in [0.15, 0.2) is 57.7 Å². The summed E-state index contributed by atoms with van der Waals surface area (Å²) in [7, 11) is 0. The predicted octanol–water partition coefficient (Wildman–Crippen LogP) is 4.18. The van der Waals surface area contributed by atoms with Crippen LogP contribution in [0.4, 0.5) is 13.2 Å². The summed E-state index contributed by atoms with van der Waals surface area (Å²) in [5.41, 5.74) is -0.545. The van der Waals surface area contributed by atoms with Crippen LogP contribution in [0, 0.1) is 0 Å². The topological polar surface area (TPSA) is 50.4 Å². The Labute approximate surface area is 122 Å². The zero-order chi connectivity index (χ0) is 15.9. The van der Waals surface area contributed by atoms with Gasteiger partial charge in [0.1, 0.15) is 17.1 Å². The first-order chi connectivity index (χ1) is 10.3. The molecule has 3 aromatic rings. The van der Waals surface area contributed by atoms with E-state index in [0.29, 0.717) is 5.56 Å². The van der Waals surface area contributed by atoms with Crippen molar-refractivity contribution in [2.75, 3.05) is 0 Å². The van der Waals surface area contributed by atoms with Gasteiger partial charge in [0.05, 0.1) is 10.9 Å². The summed E-state index contributed by atoms with van der Waals surface area (Å²) in [5.74, 6) is 0.0963. The maximum atomic E-state index is 12.5. The summed E-state index contributed by atoms with van der Waals surface area (Å²) < 4.78 is 43.1. The van der Waals surface area contributed by atoms with Gasteiger partial charge >= 0.3 is 6.18 Å². The van der Waals surface area contributed by atoms with Crippen LogP contribution in [-0.2, 0) is 6.18 Å². The zero-order valence-electron chi connectivity index (χ0n) is 11.0. The second-order valence-corrected chi connectivity index (χ2v) is 4.73. The van der Waals surface area contributed by atoms with Gasteiger partial charge in [0.15, 0.2) is 5.43 Å². The minimum atomic E-state index is -4.42. The SMILES string of the molecule is O=c1cc(-c2ccc(C(F)(F)F)cc2)oc2ccc(O)cc12.